The molecule has 0 saturated carbocycles. The first-order valence-electron chi connectivity index (χ1n) is 3.64. The van der Waals surface area contributed by atoms with Gasteiger partial charge >= 0.3 is 0 Å². The van der Waals surface area contributed by atoms with Gasteiger partial charge in [-0.25, -0.2) is 0 Å². The van der Waals surface area contributed by atoms with Gasteiger partial charge in [-0.05, 0) is 18.6 Å². The molecule has 0 saturated heterocycles. The Morgan fingerprint density at radius 2 is 1.92 bits per heavy atom. The molecule has 1 aromatic heterocycles. The van der Waals surface area contributed by atoms with E-state index in [0.717, 1.165) is 0 Å². The van der Waals surface area contributed by atoms with E-state index >= 15 is 0 Å². The van der Waals surface area contributed by atoms with Gasteiger partial charge in [-0.3, -0.25) is 4.55 Å². The smallest absolute Gasteiger partial charge is 0.286 e. The van der Waals surface area contributed by atoms with Gasteiger partial charge in [0.25, 0.3) is 10.1 Å². The molecule has 0 spiro atoms. The van der Waals surface area contributed by atoms with Crippen molar-refractivity contribution in [2.75, 3.05) is 0 Å². The van der Waals surface area contributed by atoms with Gasteiger partial charge in [0.15, 0.2) is 5.37 Å². The Morgan fingerprint density at radius 1 is 1.42 bits per heavy atom. The van der Waals surface area contributed by atoms with Crippen molar-refractivity contribution in [1.82, 2.24) is 4.57 Å². The predicted molar refractivity (Wildman–Crippen MR) is 45.3 cm³/mol. The molecule has 1 unspecified atom stereocenters. The first kappa shape index (κ1) is 9.28. The zero-order chi connectivity index (χ0) is 9.19. The molecule has 0 aromatic carbocycles. The second-order valence-electron chi connectivity index (χ2n) is 2.51. The first-order chi connectivity index (χ1) is 5.55. The molecule has 0 radical (unpaired) electrons. The van der Waals surface area contributed by atoms with E-state index in [1.807, 2.05) is 0 Å². The fraction of sp³-hybridized carbons (Fsp3) is 0.429. The lowest BCUT2D eigenvalue weighted by Crippen LogP contribution is -2.16. The highest BCUT2D eigenvalue weighted by Crippen LogP contribution is 2.17. The van der Waals surface area contributed by atoms with E-state index in [1.165, 1.54) is 4.57 Å². The number of rotatable bonds is 3. The summed E-state index contributed by atoms with van der Waals surface area (Å²) in [6.45, 7) is 1.71. The van der Waals surface area contributed by atoms with Crippen LogP contribution in [0.25, 0.3) is 0 Å². The molecular formula is C7H11NO3S. The minimum atomic E-state index is -3.97. The molecule has 68 valence electrons. The third-order valence-corrected chi connectivity index (χ3v) is 2.92. The minimum Gasteiger partial charge on any atom is -0.335 e. The predicted octanol–water partition coefficient (Wildman–Crippen LogP) is 1.28. The molecule has 12 heavy (non-hydrogen) atoms. The van der Waals surface area contributed by atoms with Crippen LogP contribution in [0.5, 0.6) is 0 Å². The summed E-state index contributed by atoms with van der Waals surface area (Å²) < 4.78 is 31.9. The zero-order valence-electron chi connectivity index (χ0n) is 6.71. The van der Waals surface area contributed by atoms with E-state index in [0.29, 0.717) is 6.42 Å². The van der Waals surface area contributed by atoms with Crippen molar-refractivity contribution in [3.8, 4) is 0 Å². The molecule has 4 nitrogen and oxygen atoms in total. The maximum atomic E-state index is 10.8. The molecule has 0 amide bonds. The number of nitrogens with zero attached hydrogens (tertiary/aromatic N) is 1. The third-order valence-electron chi connectivity index (χ3n) is 1.65. The van der Waals surface area contributed by atoms with Gasteiger partial charge in [-0.2, -0.15) is 8.42 Å². The first-order valence-corrected chi connectivity index (χ1v) is 5.14. The van der Waals surface area contributed by atoms with Crippen LogP contribution in [0.4, 0.5) is 0 Å². The highest BCUT2D eigenvalue weighted by Gasteiger charge is 2.21. The van der Waals surface area contributed by atoms with Crippen molar-refractivity contribution >= 4 is 10.1 Å². The highest BCUT2D eigenvalue weighted by molar-refractivity contribution is 7.85. The Hall–Kier alpha value is -0.810. The largest absolute Gasteiger partial charge is 0.335 e. The summed E-state index contributed by atoms with van der Waals surface area (Å²) in [5, 5.41) is -0.854. The SMILES string of the molecule is CCC(n1cccc1)S(=O)(=O)O. The van der Waals surface area contributed by atoms with Crippen LogP contribution in [-0.2, 0) is 10.1 Å². The van der Waals surface area contributed by atoms with Gasteiger partial charge in [0.2, 0.25) is 0 Å². The Morgan fingerprint density at radius 3 is 2.25 bits per heavy atom. The van der Waals surface area contributed by atoms with Gasteiger partial charge in [0, 0.05) is 12.4 Å². The normalized spacial score (nSPS) is 14.5. The van der Waals surface area contributed by atoms with Crippen molar-refractivity contribution in [3.63, 3.8) is 0 Å². The summed E-state index contributed by atoms with van der Waals surface area (Å²) in [4.78, 5) is 0. The van der Waals surface area contributed by atoms with Crippen molar-refractivity contribution in [2.24, 2.45) is 0 Å². The molecule has 1 atom stereocenters. The van der Waals surface area contributed by atoms with E-state index in [9.17, 15) is 8.42 Å². The highest BCUT2D eigenvalue weighted by atomic mass is 32.2. The fourth-order valence-corrected chi connectivity index (χ4v) is 1.98. The molecule has 1 rings (SSSR count). The van der Waals surface area contributed by atoms with Crippen LogP contribution in [0.15, 0.2) is 24.5 Å². The van der Waals surface area contributed by atoms with Crippen LogP contribution in [0.1, 0.15) is 18.7 Å². The van der Waals surface area contributed by atoms with Crippen molar-refractivity contribution in [3.05, 3.63) is 24.5 Å². The summed E-state index contributed by atoms with van der Waals surface area (Å²) in [7, 11) is -3.97. The van der Waals surface area contributed by atoms with Crippen LogP contribution < -0.4 is 0 Å². The minimum absolute atomic E-state index is 0.355. The summed E-state index contributed by atoms with van der Waals surface area (Å²) in [5.41, 5.74) is 0. The zero-order valence-corrected chi connectivity index (χ0v) is 7.53. The molecule has 5 heteroatoms. The Labute approximate surface area is 71.6 Å². The maximum Gasteiger partial charge on any atom is 0.286 e. The Balaban J connectivity index is 3.00. The van der Waals surface area contributed by atoms with E-state index in [4.69, 9.17) is 4.55 Å². The maximum absolute atomic E-state index is 10.8. The van der Waals surface area contributed by atoms with Crippen LogP contribution >= 0.6 is 0 Å². The summed E-state index contributed by atoms with van der Waals surface area (Å²) in [6, 6.07) is 3.43. The standard InChI is InChI=1S/C7H11NO3S/c1-2-7(12(9,10)11)8-5-3-4-6-8/h3-7H,2H2,1H3,(H,9,10,11). The van der Waals surface area contributed by atoms with E-state index < -0.39 is 15.5 Å². The summed E-state index contributed by atoms with van der Waals surface area (Å²) in [5.74, 6) is 0. The van der Waals surface area contributed by atoms with Gasteiger partial charge < -0.3 is 4.57 Å². The van der Waals surface area contributed by atoms with Crippen LogP contribution in [0.3, 0.4) is 0 Å². The fourth-order valence-electron chi connectivity index (χ4n) is 1.12. The van der Waals surface area contributed by atoms with Gasteiger partial charge in [0.1, 0.15) is 0 Å². The van der Waals surface area contributed by atoms with Crippen LogP contribution in [0, 0.1) is 0 Å². The van der Waals surface area contributed by atoms with Gasteiger partial charge in [0.05, 0.1) is 0 Å². The lowest BCUT2D eigenvalue weighted by Gasteiger charge is -2.12. The number of aromatic nitrogens is 1. The average Bonchev–Trinajstić information content (AvgIpc) is 2.38. The molecule has 0 bridgehead atoms. The molecule has 0 aliphatic carbocycles. The molecule has 0 aliphatic rings. The lowest BCUT2D eigenvalue weighted by molar-refractivity contribution is 0.441. The van der Waals surface area contributed by atoms with Crippen molar-refractivity contribution in [1.29, 1.82) is 0 Å². The Bertz CT molecular complexity index is 328. The summed E-state index contributed by atoms with van der Waals surface area (Å²) >= 11 is 0. The second-order valence-corrected chi connectivity index (χ2v) is 4.08. The molecule has 0 aliphatic heterocycles. The number of hydrogen-bond donors (Lipinski definition) is 1. The Kier molecular flexibility index (Phi) is 2.54. The van der Waals surface area contributed by atoms with Gasteiger partial charge in [-0.15, -0.1) is 0 Å². The van der Waals surface area contributed by atoms with Gasteiger partial charge in [-0.1, -0.05) is 6.92 Å². The molecule has 0 fully saturated rings. The second kappa shape index (κ2) is 3.28. The molecular weight excluding hydrogens is 178 g/mol. The lowest BCUT2D eigenvalue weighted by atomic mass is 10.5. The molecule has 1 N–H and O–H groups in total. The number of hydrogen-bond acceptors (Lipinski definition) is 2. The van der Waals surface area contributed by atoms with E-state index in [2.05, 4.69) is 0 Å². The van der Waals surface area contributed by atoms with E-state index in [1.54, 1.807) is 31.5 Å². The van der Waals surface area contributed by atoms with Crippen LogP contribution in [0.2, 0.25) is 0 Å². The monoisotopic (exact) mass is 189 g/mol. The molecule has 1 aromatic rings. The van der Waals surface area contributed by atoms with Crippen molar-refractivity contribution < 1.29 is 13.0 Å². The topological polar surface area (TPSA) is 59.3 Å². The average molecular weight is 189 g/mol. The quantitative estimate of drug-likeness (QED) is 0.729. The van der Waals surface area contributed by atoms with Crippen molar-refractivity contribution in [2.45, 2.75) is 18.7 Å². The molecule has 1 heterocycles. The van der Waals surface area contributed by atoms with Crippen LogP contribution in [-0.4, -0.2) is 17.5 Å². The van der Waals surface area contributed by atoms with E-state index in [-0.39, 0.29) is 0 Å². The third kappa shape index (κ3) is 1.86. The summed E-state index contributed by atoms with van der Waals surface area (Å²) in [6.07, 6.45) is 3.58.